The minimum atomic E-state index is -0.838. The Morgan fingerprint density at radius 1 is 1.50 bits per heavy atom. The molecule has 104 valence electrons. The molecule has 1 fully saturated rings. The quantitative estimate of drug-likeness (QED) is 0.642. The minimum Gasteiger partial charge on any atom is -0.481 e. The Labute approximate surface area is 115 Å². The van der Waals surface area contributed by atoms with Crippen molar-refractivity contribution in [1.82, 2.24) is 0 Å². The largest absolute Gasteiger partial charge is 0.481 e. The zero-order valence-corrected chi connectivity index (χ0v) is 10.6. The van der Waals surface area contributed by atoms with Crippen LogP contribution in [0.4, 0.5) is 11.4 Å². The highest BCUT2D eigenvalue weighted by molar-refractivity contribution is 5.71. The summed E-state index contributed by atoms with van der Waals surface area (Å²) >= 11 is 0. The van der Waals surface area contributed by atoms with E-state index in [0.29, 0.717) is 24.8 Å². The zero-order valence-electron chi connectivity index (χ0n) is 10.6. The van der Waals surface area contributed by atoms with Crippen LogP contribution >= 0.6 is 0 Å². The van der Waals surface area contributed by atoms with Gasteiger partial charge in [-0.25, -0.2) is 0 Å². The summed E-state index contributed by atoms with van der Waals surface area (Å²) in [7, 11) is 0. The van der Waals surface area contributed by atoms with Crippen LogP contribution in [0.15, 0.2) is 18.2 Å². The van der Waals surface area contributed by atoms with Crippen molar-refractivity contribution >= 4 is 17.3 Å². The van der Waals surface area contributed by atoms with E-state index in [1.165, 1.54) is 18.2 Å². The molecule has 0 saturated heterocycles. The molecule has 1 aliphatic carbocycles. The van der Waals surface area contributed by atoms with Gasteiger partial charge >= 0.3 is 5.97 Å². The maximum atomic E-state index is 11.0. The fourth-order valence-corrected chi connectivity index (χ4v) is 2.44. The molecule has 0 amide bonds. The predicted molar refractivity (Wildman–Crippen MR) is 70.2 cm³/mol. The number of nitrogens with one attached hydrogen (secondary N) is 1. The van der Waals surface area contributed by atoms with Gasteiger partial charge in [0, 0.05) is 12.1 Å². The first kappa shape index (κ1) is 13.8. The van der Waals surface area contributed by atoms with Crippen LogP contribution in [0.1, 0.15) is 24.8 Å². The molecule has 2 rings (SSSR count). The number of hydrogen-bond acceptors (Lipinski definition) is 5. The molecule has 7 heteroatoms. The van der Waals surface area contributed by atoms with Crippen LogP contribution < -0.4 is 5.32 Å². The number of carbonyl (C=O) groups is 1. The van der Waals surface area contributed by atoms with Crippen molar-refractivity contribution in [1.29, 1.82) is 5.26 Å². The minimum absolute atomic E-state index is 0.109. The third kappa shape index (κ3) is 2.85. The molecule has 0 aliphatic heterocycles. The number of hydrogen-bond donors (Lipinski definition) is 2. The molecule has 1 saturated carbocycles. The van der Waals surface area contributed by atoms with Gasteiger partial charge in [-0.3, -0.25) is 14.9 Å². The van der Waals surface area contributed by atoms with Gasteiger partial charge in [0.2, 0.25) is 0 Å². The number of nitrogens with zero attached hydrogens (tertiary/aromatic N) is 2. The van der Waals surface area contributed by atoms with E-state index in [1.807, 2.05) is 6.07 Å². The van der Waals surface area contributed by atoms with Crippen LogP contribution in [-0.2, 0) is 4.79 Å². The van der Waals surface area contributed by atoms with Crippen molar-refractivity contribution < 1.29 is 14.8 Å². The number of carboxylic acid groups (broad SMARTS) is 1. The molecule has 0 bridgehead atoms. The average molecular weight is 275 g/mol. The van der Waals surface area contributed by atoms with Crippen molar-refractivity contribution in [3.63, 3.8) is 0 Å². The van der Waals surface area contributed by atoms with E-state index in [0.717, 1.165) is 0 Å². The molecule has 7 nitrogen and oxygen atoms in total. The van der Waals surface area contributed by atoms with Crippen molar-refractivity contribution in [3.05, 3.63) is 33.9 Å². The maximum absolute atomic E-state index is 11.0. The Morgan fingerprint density at radius 2 is 2.25 bits per heavy atom. The van der Waals surface area contributed by atoms with Gasteiger partial charge in [0.05, 0.1) is 22.5 Å². The van der Waals surface area contributed by atoms with Gasteiger partial charge < -0.3 is 10.4 Å². The van der Waals surface area contributed by atoms with E-state index >= 15 is 0 Å². The average Bonchev–Trinajstić information content (AvgIpc) is 2.87. The highest BCUT2D eigenvalue weighted by atomic mass is 16.6. The first-order valence-electron chi connectivity index (χ1n) is 6.19. The lowest BCUT2D eigenvalue weighted by Gasteiger charge is -2.14. The summed E-state index contributed by atoms with van der Waals surface area (Å²) in [6, 6.07) is 5.90. The molecule has 1 aliphatic rings. The van der Waals surface area contributed by atoms with Crippen LogP contribution in [0.3, 0.4) is 0 Å². The normalized spacial score (nSPS) is 21.1. The van der Waals surface area contributed by atoms with Crippen LogP contribution in [0, 0.1) is 27.4 Å². The van der Waals surface area contributed by atoms with E-state index in [1.54, 1.807) is 0 Å². The monoisotopic (exact) mass is 275 g/mol. The van der Waals surface area contributed by atoms with Crippen molar-refractivity contribution in [3.8, 4) is 6.07 Å². The smallest absolute Gasteiger partial charge is 0.306 e. The molecule has 0 spiro atoms. The SMILES string of the molecule is N#Cc1ccc([N+](=O)[O-])c(N[C@H]2CC[C@@H](C(=O)O)C2)c1. The van der Waals surface area contributed by atoms with Crippen LogP contribution in [-0.4, -0.2) is 22.0 Å². The number of carboxylic acids is 1. The molecule has 2 atom stereocenters. The van der Waals surface area contributed by atoms with Gasteiger partial charge in [-0.05, 0) is 31.4 Å². The second-order valence-electron chi connectivity index (χ2n) is 4.79. The molecule has 0 aromatic heterocycles. The third-order valence-electron chi connectivity index (χ3n) is 3.46. The fraction of sp³-hybridized carbons (Fsp3) is 0.385. The van der Waals surface area contributed by atoms with Gasteiger partial charge in [-0.15, -0.1) is 0 Å². The van der Waals surface area contributed by atoms with Crippen molar-refractivity contribution in [2.45, 2.75) is 25.3 Å². The third-order valence-corrected chi connectivity index (χ3v) is 3.46. The lowest BCUT2D eigenvalue weighted by molar-refractivity contribution is -0.384. The van der Waals surface area contributed by atoms with Gasteiger partial charge in [-0.2, -0.15) is 5.26 Å². The van der Waals surface area contributed by atoms with Crippen molar-refractivity contribution in [2.75, 3.05) is 5.32 Å². The summed E-state index contributed by atoms with van der Waals surface area (Å²) < 4.78 is 0. The number of nitro groups is 1. The van der Waals surface area contributed by atoms with Crippen LogP contribution in [0.5, 0.6) is 0 Å². The number of nitriles is 1. The highest BCUT2D eigenvalue weighted by Crippen LogP contribution is 2.32. The number of nitro benzene ring substituents is 1. The number of rotatable bonds is 4. The van der Waals surface area contributed by atoms with E-state index in [9.17, 15) is 14.9 Å². The summed E-state index contributed by atoms with van der Waals surface area (Å²) in [4.78, 5) is 21.3. The standard InChI is InChI=1S/C13H13N3O4/c14-7-8-1-4-12(16(19)20)11(5-8)15-10-3-2-9(6-10)13(17)18/h1,4-5,9-10,15H,2-3,6H2,(H,17,18)/t9-,10+/m1/s1. The Hall–Kier alpha value is -2.62. The Bertz CT molecular complexity index is 594. The van der Waals surface area contributed by atoms with Crippen LogP contribution in [0.25, 0.3) is 0 Å². The Morgan fingerprint density at radius 3 is 2.80 bits per heavy atom. The molecule has 0 unspecified atom stereocenters. The highest BCUT2D eigenvalue weighted by Gasteiger charge is 2.30. The second kappa shape index (κ2) is 5.57. The van der Waals surface area contributed by atoms with Crippen LogP contribution in [0.2, 0.25) is 0 Å². The predicted octanol–water partition coefficient (Wildman–Crippen LogP) is 2.13. The molecular weight excluding hydrogens is 262 g/mol. The van der Waals surface area contributed by atoms with E-state index in [2.05, 4.69) is 5.32 Å². The Kier molecular flexibility index (Phi) is 3.84. The lowest BCUT2D eigenvalue weighted by atomic mass is 10.1. The molecule has 1 aromatic carbocycles. The summed E-state index contributed by atoms with van der Waals surface area (Å²) in [6.45, 7) is 0. The molecule has 1 aromatic rings. The maximum Gasteiger partial charge on any atom is 0.306 e. The summed E-state index contributed by atoms with van der Waals surface area (Å²) in [6.07, 6.45) is 1.63. The Balaban J connectivity index is 2.18. The molecule has 20 heavy (non-hydrogen) atoms. The van der Waals surface area contributed by atoms with Crippen molar-refractivity contribution in [2.24, 2.45) is 5.92 Å². The van der Waals surface area contributed by atoms with Gasteiger partial charge in [0.25, 0.3) is 5.69 Å². The summed E-state index contributed by atoms with van der Waals surface area (Å²) in [5.41, 5.74) is 0.485. The number of aliphatic carboxylic acids is 1. The van der Waals surface area contributed by atoms with Gasteiger partial charge in [0.1, 0.15) is 5.69 Å². The lowest BCUT2D eigenvalue weighted by Crippen LogP contribution is -2.18. The fourth-order valence-electron chi connectivity index (χ4n) is 2.44. The molecule has 0 radical (unpaired) electrons. The summed E-state index contributed by atoms with van der Waals surface area (Å²) in [5, 5.41) is 31.7. The van der Waals surface area contributed by atoms with Gasteiger partial charge in [-0.1, -0.05) is 0 Å². The topological polar surface area (TPSA) is 116 Å². The van der Waals surface area contributed by atoms with E-state index < -0.39 is 16.8 Å². The second-order valence-corrected chi connectivity index (χ2v) is 4.79. The first-order valence-corrected chi connectivity index (χ1v) is 6.19. The number of benzene rings is 1. The molecule has 2 N–H and O–H groups in total. The first-order chi connectivity index (χ1) is 9.51. The van der Waals surface area contributed by atoms with Gasteiger partial charge in [0.15, 0.2) is 0 Å². The van der Waals surface area contributed by atoms with E-state index in [-0.39, 0.29) is 17.4 Å². The summed E-state index contributed by atoms with van der Waals surface area (Å²) in [5.74, 6) is -1.25. The zero-order chi connectivity index (χ0) is 14.7. The molecular formula is C13H13N3O4. The number of anilines is 1. The van der Waals surface area contributed by atoms with E-state index in [4.69, 9.17) is 10.4 Å². The molecule has 0 heterocycles.